The Bertz CT molecular complexity index is 419. The summed E-state index contributed by atoms with van der Waals surface area (Å²) in [5, 5.41) is 5.56. The van der Waals surface area contributed by atoms with E-state index in [0.29, 0.717) is 29.6 Å². The van der Waals surface area contributed by atoms with Crippen LogP contribution in [0.5, 0.6) is 11.5 Å². The molecule has 0 saturated carbocycles. The van der Waals surface area contributed by atoms with E-state index < -0.39 is 0 Å². The molecule has 0 aliphatic carbocycles. The summed E-state index contributed by atoms with van der Waals surface area (Å²) in [6, 6.07) is 5.01. The number of benzene rings is 1. The summed E-state index contributed by atoms with van der Waals surface area (Å²) in [4.78, 5) is 11.7. The van der Waals surface area contributed by atoms with Crippen LogP contribution in [-0.2, 0) is 0 Å². The molecule has 0 aliphatic rings. The molecule has 0 saturated heterocycles. The number of urea groups is 1. The molecular weight excluding hydrogens is 244 g/mol. The van der Waals surface area contributed by atoms with Crippen molar-refractivity contribution in [3.05, 3.63) is 18.2 Å². The summed E-state index contributed by atoms with van der Waals surface area (Å²) in [5.74, 6) is 1.82. The molecule has 5 nitrogen and oxygen atoms in total. The van der Waals surface area contributed by atoms with Crippen molar-refractivity contribution in [2.45, 2.75) is 20.3 Å². The predicted octanol–water partition coefficient (Wildman–Crippen LogP) is 2.87. The SMILES string of the molecule is COc1ccc(NC(=O)NCCC(C)C)c(OC)c1. The van der Waals surface area contributed by atoms with Gasteiger partial charge in [0.1, 0.15) is 11.5 Å². The lowest BCUT2D eigenvalue weighted by Crippen LogP contribution is -2.30. The summed E-state index contributed by atoms with van der Waals surface area (Å²) < 4.78 is 10.3. The molecule has 0 aliphatic heterocycles. The maximum Gasteiger partial charge on any atom is 0.319 e. The van der Waals surface area contributed by atoms with Crippen molar-refractivity contribution in [1.82, 2.24) is 5.32 Å². The Hall–Kier alpha value is -1.91. The maximum atomic E-state index is 11.7. The quantitative estimate of drug-likeness (QED) is 0.832. The summed E-state index contributed by atoms with van der Waals surface area (Å²) in [7, 11) is 3.14. The predicted molar refractivity (Wildman–Crippen MR) is 76.0 cm³/mol. The molecule has 0 unspecified atom stereocenters. The third-order valence-electron chi connectivity index (χ3n) is 2.66. The van der Waals surface area contributed by atoms with E-state index in [1.54, 1.807) is 32.4 Å². The molecule has 1 rings (SSSR count). The average Bonchev–Trinajstić information content (AvgIpc) is 2.38. The van der Waals surface area contributed by atoms with Crippen molar-refractivity contribution in [2.24, 2.45) is 5.92 Å². The van der Waals surface area contributed by atoms with E-state index in [0.717, 1.165) is 6.42 Å². The monoisotopic (exact) mass is 266 g/mol. The fourth-order valence-electron chi connectivity index (χ4n) is 1.54. The van der Waals surface area contributed by atoms with Gasteiger partial charge in [-0.2, -0.15) is 0 Å². The zero-order valence-corrected chi connectivity index (χ0v) is 11.9. The Morgan fingerprint density at radius 3 is 2.58 bits per heavy atom. The first-order valence-electron chi connectivity index (χ1n) is 6.33. The van der Waals surface area contributed by atoms with Crippen molar-refractivity contribution in [1.29, 1.82) is 0 Å². The molecule has 1 aromatic rings. The Morgan fingerprint density at radius 2 is 2.00 bits per heavy atom. The Morgan fingerprint density at radius 1 is 1.26 bits per heavy atom. The topological polar surface area (TPSA) is 59.6 Å². The molecule has 106 valence electrons. The van der Waals surface area contributed by atoms with Crippen molar-refractivity contribution in [3.8, 4) is 11.5 Å². The number of hydrogen-bond donors (Lipinski definition) is 2. The normalized spacial score (nSPS) is 10.2. The van der Waals surface area contributed by atoms with Gasteiger partial charge < -0.3 is 20.1 Å². The van der Waals surface area contributed by atoms with Crippen LogP contribution in [0.2, 0.25) is 0 Å². The largest absolute Gasteiger partial charge is 0.497 e. The van der Waals surface area contributed by atoms with Crippen molar-refractivity contribution in [3.63, 3.8) is 0 Å². The minimum Gasteiger partial charge on any atom is -0.497 e. The second-order valence-corrected chi connectivity index (χ2v) is 4.63. The average molecular weight is 266 g/mol. The van der Waals surface area contributed by atoms with Crippen LogP contribution >= 0.6 is 0 Å². The molecule has 0 spiro atoms. The maximum absolute atomic E-state index is 11.7. The fraction of sp³-hybridized carbons (Fsp3) is 0.500. The van der Waals surface area contributed by atoms with Crippen LogP contribution in [0, 0.1) is 5.92 Å². The zero-order valence-electron chi connectivity index (χ0n) is 11.9. The second-order valence-electron chi connectivity index (χ2n) is 4.63. The highest BCUT2D eigenvalue weighted by atomic mass is 16.5. The Labute approximate surface area is 114 Å². The second kappa shape index (κ2) is 7.51. The van der Waals surface area contributed by atoms with E-state index in [4.69, 9.17) is 9.47 Å². The van der Waals surface area contributed by atoms with Gasteiger partial charge in [0.15, 0.2) is 0 Å². The van der Waals surface area contributed by atoms with Crippen molar-refractivity contribution < 1.29 is 14.3 Å². The standard InChI is InChI=1S/C14H22N2O3/c1-10(2)7-8-15-14(17)16-12-6-5-11(18-3)9-13(12)19-4/h5-6,9-10H,7-8H2,1-4H3,(H2,15,16,17). The van der Waals surface area contributed by atoms with E-state index in [1.807, 2.05) is 0 Å². The first kappa shape index (κ1) is 15.1. The molecule has 1 aromatic carbocycles. The summed E-state index contributed by atoms with van der Waals surface area (Å²) >= 11 is 0. The van der Waals surface area contributed by atoms with Gasteiger partial charge in [-0.25, -0.2) is 4.79 Å². The van der Waals surface area contributed by atoms with Gasteiger partial charge in [-0.3, -0.25) is 0 Å². The zero-order chi connectivity index (χ0) is 14.3. The highest BCUT2D eigenvalue weighted by Crippen LogP contribution is 2.28. The van der Waals surface area contributed by atoms with Crippen LogP contribution in [0.4, 0.5) is 10.5 Å². The molecule has 5 heteroatoms. The van der Waals surface area contributed by atoms with Gasteiger partial charge in [0.05, 0.1) is 19.9 Å². The highest BCUT2D eigenvalue weighted by molar-refractivity contribution is 5.91. The van der Waals surface area contributed by atoms with Gasteiger partial charge in [-0.1, -0.05) is 13.8 Å². The number of methoxy groups -OCH3 is 2. The van der Waals surface area contributed by atoms with Crippen molar-refractivity contribution in [2.75, 3.05) is 26.1 Å². The third kappa shape index (κ3) is 5.07. The summed E-state index contributed by atoms with van der Waals surface area (Å²) in [5.41, 5.74) is 0.616. The van der Waals surface area contributed by atoms with Crippen LogP contribution < -0.4 is 20.1 Å². The molecule has 2 N–H and O–H groups in total. The van der Waals surface area contributed by atoms with E-state index >= 15 is 0 Å². The third-order valence-corrected chi connectivity index (χ3v) is 2.66. The molecular formula is C14H22N2O3. The van der Waals surface area contributed by atoms with E-state index in [-0.39, 0.29) is 6.03 Å². The van der Waals surface area contributed by atoms with Crippen LogP contribution in [0.15, 0.2) is 18.2 Å². The number of carbonyl (C=O) groups is 1. The van der Waals surface area contributed by atoms with E-state index in [9.17, 15) is 4.79 Å². The van der Waals surface area contributed by atoms with E-state index in [2.05, 4.69) is 24.5 Å². The smallest absolute Gasteiger partial charge is 0.319 e. The van der Waals surface area contributed by atoms with Gasteiger partial charge >= 0.3 is 6.03 Å². The molecule has 19 heavy (non-hydrogen) atoms. The molecule has 0 heterocycles. The number of rotatable bonds is 6. The number of hydrogen-bond acceptors (Lipinski definition) is 3. The molecule has 0 radical (unpaired) electrons. The number of anilines is 1. The first-order valence-corrected chi connectivity index (χ1v) is 6.33. The number of carbonyl (C=O) groups excluding carboxylic acids is 1. The fourth-order valence-corrected chi connectivity index (χ4v) is 1.54. The van der Waals surface area contributed by atoms with Gasteiger partial charge in [0, 0.05) is 12.6 Å². The van der Waals surface area contributed by atoms with Crippen LogP contribution in [0.3, 0.4) is 0 Å². The summed E-state index contributed by atoms with van der Waals surface area (Å²) in [6.45, 7) is 4.89. The molecule has 0 aromatic heterocycles. The Balaban J connectivity index is 2.58. The van der Waals surface area contributed by atoms with Gasteiger partial charge in [0.25, 0.3) is 0 Å². The van der Waals surface area contributed by atoms with Crippen LogP contribution in [0.25, 0.3) is 0 Å². The van der Waals surface area contributed by atoms with E-state index in [1.165, 1.54) is 0 Å². The highest BCUT2D eigenvalue weighted by Gasteiger charge is 2.08. The number of ether oxygens (including phenoxy) is 2. The first-order chi connectivity index (χ1) is 9.06. The van der Waals surface area contributed by atoms with Gasteiger partial charge in [-0.05, 0) is 24.5 Å². The van der Waals surface area contributed by atoms with Crippen LogP contribution in [-0.4, -0.2) is 26.8 Å². The molecule has 0 atom stereocenters. The lowest BCUT2D eigenvalue weighted by Gasteiger charge is -2.12. The van der Waals surface area contributed by atoms with Crippen molar-refractivity contribution >= 4 is 11.7 Å². The minimum absolute atomic E-state index is 0.232. The minimum atomic E-state index is -0.232. The molecule has 0 fully saturated rings. The van der Waals surface area contributed by atoms with Gasteiger partial charge in [-0.15, -0.1) is 0 Å². The van der Waals surface area contributed by atoms with Gasteiger partial charge in [0.2, 0.25) is 0 Å². The van der Waals surface area contributed by atoms with Crippen LogP contribution in [0.1, 0.15) is 20.3 Å². The number of nitrogens with one attached hydrogen (secondary N) is 2. The lowest BCUT2D eigenvalue weighted by molar-refractivity contribution is 0.251. The molecule has 0 bridgehead atoms. The lowest BCUT2D eigenvalue weighted by atomic mass is 10.1. The molecule has 2 amide bonds. The summed E-state index contributed by atoms with van der Waals surface area (Å²) in [6.07, 6.45) is 0.952. The number of amides is 2. The Kier molecular flexibility index (Phi) is 5.99.